The van der Waals surface area contributed by atoms with Crippen molar-refractivity contribution in [3.8, 4) is 5.75 Å². The fourth-order valence-electron chi connectivity index (χ4n) is 1.37. The number of benzene rings is 2. The Labute approximate surface area is 147 Å². The van der Waals surface area contributed by atoms with Gasteiger partial charge in [-0.3, -0.25) is 9.59 Å². The molecule has 0 unspecified atom stereocenters. The predicted octanol–water partition coefficient (Wildman–Crippen LogP) is 2.45. The molecular formula is C19H21AlO3. The van der Waals surface area contributed by atoms with Gasteiger partial charge < -0.3 is 5.11 Å². The highest BCUT2D eigenvalue weighted by atomic mass is 27.0. The van der Waals surface area contributed by atoms with E-state index in [9.17, 15) is 9.59 Å². The molecule has 0 heterocycles. The van der Waals surface area contributed by atoms with Crippen molar-refractivity contribution in [3.63, 3.8) is 0 Å². The van der Waals surface area contributed by atoms with Crippen molar-refractivity contribution in [1.29, 1.82) is 0 Å². The first-order valence-corrected chi connectivity index (χ1v) is 6.77. The topological polar surface area (TPSA) is 54.4 Å². The van der Waals surface area contributed by atoms with E-state index in [0.29, 0.717) is 5.75 Å². The molecular weight excluding hydrogens is 303 g/mol. The van der Waals surface area contributed by atoms with Crippen LogP contribution >= 0.6 is 0 Å². The highest BCUT2D eigenvalue weighted by Crippen LogP contribution is 2.07. The molecule has 0 amide bonds. The second kappa shape index (κ2) is 12.2. The molecule has 0 bridgehead atoms. The van der Waals surface area contributed by atoms with Gasteiger partial charge >= 0.3 is 0 Å². The van der Waals surface area contributed by atoms with Crippen LogP contribution in [-0.2, 0) is 9.59 Å². The maximum Gasteiger partial charge on any atom is 0.187 e. The molecule has 23 heavy (non-hydrogen) atoms. The Kier molecular flexibility index (Phi) is 10.9. The van der Waals surface area contributed by atoms with Crippen molar-refractivity contribution in [1.82, 2.24) is 0 Å². The lowest BCUT2D eigenvalue weighted by molar-refractivity contribution is -0.113. The van der Waals surface area contributed by atoms with Gasteiger partial charge in [-0.25, -0.2) is 0 Å². The van der Waals surface area contributed by atoms with Gasteiger partial charge in [0.25, 0.3) is 0 Å². The molecule has 1 aliphatic carbocycles. The number of rotatable bonds is 0. The fourth-order valence-corrected chi connectivity index (χ4v) is 1.37. The number of ketones is 2. The number of phenols is 1. The molecule has 0 aliphatic heterocycles. The Morgan fingerprint density at radius 1 is 0.652 bits per heavy atom. The average molecular weight is 324 g/mol. The summed E-state index contributed by atoms with van der Waals surface area (Å²) >= 11 is 0. The summed E-state index contributed by atoms with van der Waals surface area (Å²) in [7, 11) is 0. The van der Waals surface area contributed by atoms with E-state index in [0.717, 1.165) is 0 Å². The zero-order valence-corrected chi connectivity index (χ0v) is 12.3. The molecule has 0 saturated heterocycles. The van der Waals surface area contributed by atoms with Crippen LogP contribution in [0.4, 0.5) is 0 Å². The summed E-state index contributed by atoms with van der Waals surface area (Å²) in [6, 6.07) is 19.1. The maximum absolute atomic E-state index is 10.3. The van der Waals surface area contributed by atoms with E-state index in [4.69, 9.17) is 5.11 Å². The van der Waals surface area contributed by atoms with Crippen molar-refractivity contribution in [2.24, 2.45) is 0 Å². The smallest absolute Gasteiger partial charge is 0.187 e. The van der Waals surface area contributed by atoms with Gasteiger partial charge in [0, 0.05) is 0 Å². The Bertz CT molecular complexity index is 558. The summed E-state index contributed by atoms with van der Waals surface area (Å²) in [5.41, 5.74) is 1.17. The molecule has 0 spiro atoms. The van der Waals surface area contributed by atoms with Gasteiger partial charge in [0.15, 0.2) is 28.9 Å². The third-order valence-corrected chi connectivity index (χ3v) is 2.52. The molecule has 2 aromatic carbocycles. The van der Waals surface area contributed by atoms with Crippen LogP contribution in [0.15, 0.2) is 85.0 Å². The zero-order chi connectivity index (χ0) is 16.2. The second-order valence-electron chi connectivity index (χ2n) is 4.46. The van der Waals surface area contributed by atoms with Gasteiger partial charge in [0.05, 0.1) is 0 Å². The Morgan fingerprint density at radius 2 is 0.957 bits per heavy atom. The molecule has 0 aromatic heterocycles. The molecule has 4 heteroatoms. The van der Waals surface area contributed by atoms with Crippen LogP contribution in [0.5, 0.6) is 5.75 Å². The summed E-state index contributed by atoms with van der Waals surface area (Å²) in [5, 5.41) is 8.76. The van der Waals surface area contributed by atoms with E-state index in [-0.39, 0.29) is 28.9 Å². The Balaban J connectivity index is 0.000000312. The number of aryl methyl sites for hydroxylation is 1. The van der Waals surface area contributed by atoms with E-state index in [1.807, 2.05) is 55.5 Å². The molecule has 0 atom stereocenters. The molecule has 1 N–H and O–H groups in total. The monoisotopic (exact) mass is 324 g/mol. The van der Waals surface area contributed by atoms with Crippen LogP contribution in [0, 0.1) is 6.92 Å². The second-order valence-corrected chi connectivity index (χ2v) is 4.46. The fraction of sp³-hybridized carbons (Fsp3) is 0.0526. The minimum absolute atomic E-state index is 0. The minimum atomic E-state index is -0.121. The zero-order valence-electron chi connectivity index (χ0n) is 12.3. The first-order chi connectivity index (χ1) is 10.6. The summed E-state index contributed by atoms with van der Waals surface area (Å²) in [4.78, 5) is 20.6. The predicted molar refractivity (Wildman–Crippen MR) is 97.5 cm³/mol. The van der Waals surface area contributed by atoms with Crippen molar-refractivity contribution >= 4 is 28.9 Å². The molecule has 1 aliphatic rings. The van der Waals surface area contributed by atoms with Crippen LogP contribution in [-0.4, -0.2) is 34.0 Å². The van der Waals surface area contributed by atoms with E-state index in [2.05, 4.69) is 0 Å². The average Bonchev–Trinajstić information content (AvgIpc) is 2.56. The number of hydrogen-bond donors (Lipinski definition) is 1. The number of carbonyl (C=O) groups is 2. The van der Waals surface area contributed by atoms with Crippen LogP contribution in [0.3, 0.4) is 0 Å². The first-order valence-electron chi connectivity index (χ1n) is 6.77. The highest BCUT2D eigenvalue weighted by Gasteiger charge is 1.97. The lowest BCUT2D eigenvalue weighted by Crippen LogP contribution is -1.97. The first kappa shape index (κ1) is 20.6. The third kappa shape index (κ3) is 10.9. The summed E-state index contributed by atoms with van der Waals surface area (Å²) in [6.45, 7) is 1.99. The van der Waals surface area contributed by atoms with Crippen LogP contribution in [0.25, 0.3) is 0 Å². The van der Waals surface area contributed by atoms with Crippen LogP contribution < -0.4 is 0 Å². The number of aromatic hydroxyl groups is 1. The normalized spacial score (nSPS) is 11.3. The van der Waals surface area contributed by atoms with Crippen molar-refractivity contribution in [2.45, 2.75) is 6.92 Å². The summed E-state index contributed by atoms with van der Waals surface area (Å²) in [5.74, 6) is 0.0878. The SMILES string of the molecule is Cc1ccc(O)cc1.O=C1C=CC(=O)C=C1.[AlH3].c1ccccc1. The number of allylic oxidation sites excluding steroid dienone is 4. The third-order valence-electron chi connectivity index (χ3n) is 2.52. The van der Waals surface area contributed by atoms with Gasteiger partial charge in [-0.05, 0) is 43.4 Å². The molecule has 0 saturated carbocycles. The highest BCUT2D eigenvalue weighted by molar-refractivity contribution is 6.14. The van der Waals surface area contributed by atoms with E-state index >= 15 is 0 Å². The quantitative estimate of drug-likeness (QED) is 0.598. The van der Waals surface area contributed by atoms with Crippen LogP contribution in [0.2, 0.25) is 0 Å². The molecule has 118 valence electrons. The van der Waals surface area contributed by atoms with Crippen molar-refractivity contribution in [3.05, 3.63) is 90.5 Å². The number of hydrogen-bond acceptors (Lipinski definition) is 3. The molecule has 3 rings (SSSR count). The lowest BCUT2D eigenvalue weighted by Gasteiger charge is -1.89. The van der Waals surface area contributed by atoms with E-state index in [1.54, 1.807) is 12.1 Å². The van der Waals surface area contributed by atoms with Gasteiger partial charge in [0.2, 0.25) is 0 Å². The maximum atomic E-state index is 10.3. The molecule has 3 nitrogen and oxygen atoms in total. The van der Waals surface area contributed by atoms with Gasteiger partial charge in [-0.15, -0.1) is 0 Å². The van der Waals surface area contributed by atoms with Gasteiger partial charge in [-0.1, -0.05) is 54.1 Å². The lowest BCUT2D eigenvalue weighted by atomic mass is 10.2. The largest absolute Gasteiger partial charge is 0.508 e. The standard InChI is InChI=1S/C7H8O.C6H4O2.C6H6.Al.3H/c1-6-2-4-7(8)5-3-6;7-5-1-2-6(8)4-3-5;1-2-4-6-5-3-1;;;;/h2-5,8H,1H3;1-4H;1-6H;;;;. The summed E-state index contributed by atoms with van der Waals surface area (Å²) in [6.07, 6.45) is 5.01. The Morgan fingerprint density at radius 3 is 1.22 bits per heavy atom. The van der Waals surface area contributed by atoms with Gasteiger partial charge in [-0.2, -0.15) is 0 Å². The van der Waals surface area contributed by atoms with E-state index in [1.165, 1.54) is 29.9 Å². The molecule has 0 radical (unpaired) electrons. The molecule has 2 aromatic rings. The Hall–Kier alpha value is -2.41. The van der Waals surface area contributed by atoms with Gasteiger partial charge in [0.1, 0.15) is 5.75 Å². The molecule has 0 fully saturated rings. The summed E-state index contributed by atoms with van der Waals surface area (Å²) < 4.78 is 0. The number of phenolic OH excluding ortho intramolecular Hbond substituents is 1. The van der Waals surface area contributed by atoms with Crippen molar-refractivity contribution in [2.75, 3.05) is 0 Å². The van der Waals surface area contributed by atoms with E-state index < -0.39 is 0 Å². The minimum Gasteiger partial charge on any atom is -0.508 e. The van der Waals surface area contributed by atoms with Crippen LogP contribution in [0.1, 0.15) is 5.56 Å². The van der Waals surface area contributed by atoms with Crippen molar-refractivity contribution < 1.29 is 14.7 Å². The number of carbonyl (C=O) groups excluding carboxylic acids is 2.